The largest absolute Gasteiger partial charge is 0.484 e. The summed E-state index contributed by atoms with van der Waals surface area (Å²) in [5, 5.41) is 8.42. The van der Waals surface area contributed by atoms with Gasteiger partial charge < -0.3 is 15.8 Å². The molecule has 4 aromatic rings. The van der Waals surface area contributed by atoms with Crippen molar-refractivity contribution in [3.8, 4) is 11.4 Å². The lowest BCUT2D eigenvalue weighted by Gasteiger charge is -2.06. The minimum absolute atomic E-state index is 0.189. The zero-order valence-corrected chi connectivity index (χ0v) is 16.4. The number of aromatic nitrogens is 2. The molecule has 0 fully saturated rings. The van der Waals surface area contributed by atoms with Crippen molar-refractivity contribution < 1.29 is 14.3 Å². The highest BCUT2D eigenvalue weighted by atomic mass is 32.1. The van der Waals surface area contributed by atoms with E-state index in [2.05, 4.69) is 10.4 Å². The van der Waals surface area contributed by atoms with Gasteiger partial charge in [-0.05, 0) is 49.4 Å². The lowest BCUT2D eigenvalue weighted by Crippen LogP contribution is -2.20. The summed E-state index contributed by atoms with van der Waals surface area (Å²) in [6.45, 7) is 1.74. The van der Waals surface area contributed by atoms with E-state index in [1.165, 1.54) is 11.3 Å². The smallest absolute Gasteiger partial charge is 0.265 e. The van der Waals surface area contributed by atoms with Gasteiger partial charge in [-0.1, -0.05) is 18.2 Å². The van der Waals surface area contributed by atoms with Crippen LogP contribution in [-0.4, -0.2) is 28.2 Å². The van der Waals surface area contributed by atoms with Crippen molar-refractivity contribution in [3.05, 3.63) is 71.2 Å². The quantitative estimate of drug-likeness (QED) is 0.512. The molecule has 4 rings (SSSR count). The molecule has 0 atom stereocenters. The van der Waals surface area contributed by atoms with Crippen LogP contribution in [0, 0.1) is 6.92 Å². The predicted molar refractivity (Wildman–Crippen MR) is 113 cm³/mol. The van der Waals surface area contributed by atoms with Crippen molar-refractivity contribution in [1.82, 2.24) is 9.78 Å². The molecule has 146 valence electrons. The van der Waals surface area contributed by atoms with Crippen LogP contribution in [-0.2, 0) is 4.79 Å². The maximum Gasteiger partial charge on any atom is 0.265 e. The zero-order valence-electron chi connectivity index (χ0n) is 15.6. The van der Waals surface area contributed by atoms with Gasteiger partial charge in [-0.3, -0.25) is 9.59 Å². The first kappa shape index (κ1) is 18.7. The van der Waals surface area contributed by atoms with Crippen LogP contribution in [0.15, 0.2) is 60.7 Å². The Morgan fingerprint density at radius 1 is 1.14 bits per heavy atom. The van der Waals surface area contributed by atoms with Crippen molar-refractivity contribution in [2.45, 2.75) is 6.92 Å². The summed E-state index contributed by atoms with van der Waals surface area (Å²) in [6.07, 6.45) is 0. The standard InChI is InChI=1S/C21H18N4O3S/c1-13-17-11-18(29-21(17)25(24-13)15-5-3-2-4-6-15)20(27)23-14-7-9-16(10-8-14)28-12-19(22)26/h2-11H,12H2,1H3,(H2,22,26)(H,23,27). The van der Waals surface area contributed by atoms with Crippen molar-refractivity contribution in [2.75, 3.05) is 11.9 Å². The third-order valence-electron chi connectivity index (χ3n) is 4.26. The molecule has 29 heavy (non-hydrogen) atoms. The molecule has 2 heterocycles. The van der Waals surface area contributed by atoms with Gasteiger partial charge in [-0.25, -0.2) is 4.68 Å². The maximum atomic E-state index is 12.7. The number of primary amides is 1. The van der Waals surface area contributed by atoms with E-state index in [0.717, 1.165) is 21.6 Å². The molecule has 2 aromatic heterocycles. The fraction of sp³-hybridized carbons (Fsp3) is 0.0952. The zero-order chi connectivity index (χ0) is 20.4. The molecule has 0 saturated carbocycles. The van der Waals surface area contributed by atoms with Crippen molar-refractivity contribution in [3.63, 3.8) is 0 Å². The van der Waals surface area contributed by atoms with Crippen LogP contribution in [0.25, 0.3) is 15.9 Å². The molecule has 2 amide bonds. The molecule has 0 spiro atoms. The Bertz CT molecular complexity index is 1180. The molecular weight excluding hydrogens is 388 g/mol. The van der Waals surface area contributed by atoms with Crippen LogP contribution in [0.3, 0.4) is 0 Å². The molecule has 0 aliphatic heterocycles. The number of fused-ring (bicyclic) bond motifs is 1. The van der Waals surface area contributed by atoms with Crippen LogP contribution < -0.4 is 15.8 Å². The van der Waals surface area contributed by atoms with Crippen LogP contribution in [0.1, 0.15) is 15.4 Å². The highest BCUT2D eigenvalue weighted by Gasteiger charge is 2.17. The molecule has 8 heteroatoms. The van der Waals surface area contributed by atoms with E-state index in [1.807, 2.05) is 48.0 Å². The molecular formula is C21H18N4O3S. The highest BCUT2D eigenvalue weighted by molar-refractivity contribution is 7.20. The SMILES string of the molecule is Cc1nn(-c2ccccc2)c2sc(C(=O)Nc3ccc(OCC(N)=O)cc3)cc12. The van der Waals surface area contributed by atoms with Gasteiger partial charge in [0.15, 0.2) is 6.61 Å². The Kier molecular flexibility index (Phi) is 5.01. The number of benzene rings is 2. The Hall–Kier alpha value is -3.65. The highest BCUT2D eigenvalue weighted by Crippen LogP contribution is 2.31. The van der Waals surface area contributed by atoms with E-state index in [0.29, 0.717) is 16.3 Å². The number of nitrogens with one attached hydrogen (secondary N) is 1. The third kappa shape index (κ3) is 3.97. The number of nitrogens with two attached hydrogens (primary N) is 1. The van der Waals surface area contributed by atoms with Gasteiger partial charge >= 0.3 is 0 Å². The molecule has 0 aliphatic carbocycles. The minimum atomic E-state index is -0.545. The summed E-state index contributed by atoms with van der Waals surface area (Å²) in [4.78, 5) is 25.0. The number of hydrogen-bond donors (Lipinski definition) is 2. The summed E-state index contributed by atoms with van der Waals surface area (Å²) in [5.74, 6) is -0.241. The van der Waals surface area contributed by atoms with E-state index in [4.69, 9.17) is 10.5 Å². The number of rotatable bonds is 6. The first-order valence-corrected chi connectivity index (χ1v) is 9.70. The summed E-state index contributed by atoms with van der Waals surface area (Å²) >= 11 is 1.39. The summed E-state index contributed by atoms with van der Waals surface area (Å²) in [5.41, 5.74) is 7.50. The monoisotopic (exact) mass is 406 g/mol. The van der Waals surface area contributed by atoms with Gasteiger partial charge in [0, 0.05) is 11.1 Å². The average molecular weight is 406 g/mol. The second-order valence-corrected chi connectivity index (χ2v) is 7.43. The second kappa shape index (κ2) is 7.76. The van der Waals surface area contributed by atoms with E-state index < -0.39 is 5.91 Å². The molecule has 2 aromatic carbocycles. The van der Waals surface area contributed by atoms with Crippen LogP contribution in [0.5, 0.6) is 5.75 Å². The van der Waals surface area contributed by atoms with Gasteiger partial charge in [0.25, 0.3) is 11.8 Å². The molecule has 0 radical (unpaired) electrons. The molecule has 3 N–H and O–H groups in total. The summed E-state index contributed by atoms with van der Waals surface area (Å²) < 4.78 is 7.07. The first-order chi connectivity index (χ1) is 14.0. The molecule has 7 nitrogen and oxygen atoms in total. The summed E-state index contributed by atoms with van der Waals surface area (Å²) in [7, 11) is 0. The van der Waals surface area contributed by atoms with Gasteiger partial charge in [-0.15, -0.1) is 11.3 Å². The lowest BCUT2D eigenvalue weighted by atomic mass is 10.2. The number of thiophene rings is 1. The van der Waals surface area contributed by atoms with Gasteiger partial charge in [0.05, 0.1) is 16.3 Å². The number of amides is 2. The van der Waals surface area contributed by atoms with Crippen LogP contribution in [0.4, 0.5) is 5.69 Å². The lowest BCUT2D eigenvalue weighted by molar-refractivity contribution is -0.119. The average Bonchev–Trinajstić information content (AvgIpc) is 3.29. The molecule has 0 unspecified atom stereocenters. The number of nitrogens with zero attached hydrogens (tertiary/aromatic N) is 2. The Morgan fingerprint density at radius 3 is 2.55 bits per heavy atom. The van der Waals surface area contributed by atoms with Gasteiger partial charge in [0.2, 0.25) is 0 Å². The van der Waals surface area contributed by atoms with Gasteiger partial charge in [-0.2, -0.15) is 5.10 Å². The Balaban J connectivity index is 1.54. The Labute approximate surface area is 170 Å². The van der Waals surface area contributed by atoms with E-state index in [1.54, 1.807) is 24.3 Å². The van der Waals surface area contributed by atoms with E-state index in [9.17, 15) is 9.59 Å². The number of carbonyl (C=O) groups is 2. The van der Waals surface area contributed by atoms with E-state index in [-0.39, 0.29) is 12.5 Å². The fourth-order valence-electron chi connectivity index (χ4n) is 2.88. The normalized spacial score (nSPS) is 10.8. The van der Waals surface area contributed by atoms with Crippen molar-refractivity contribution in [2.24, 2.45) is 5.73 Å². The molecule has 0 bridgehead atoms. The van der Waals surface area contributed by atoms with E-state index >= 15 is 0 Å². The maximum absolute atomic E-state index is 12.7. The molecule has 0 saturated heterocycles. The minimum Gasteiger partial charge on any atom is -0.484 e. The predicted octanol–water partition coefficient (Wildman–Crippen LogP) is 3.51. The fourth-order valence-corrected chi connectivity index (χ4v) is 3.96. The number of aryl methyl sites for hydroxylation is 1. The van der Waals surface area contributed by atoms with Crippen LogP contribution in [0.2, 0.25) is 0 Å². The number of anilines is 1. The number of ether oxygens (including phenoxy) is 1. The van der Waals surface area contributed by atoms with Crippen LogP contribution >= 0.6 is 11.3 Å². The molecule has 0 aliphatic rings. The topological polar surface area (TPSA) is 99.2 Å². The van der Waals surface area contributed by atoms with Gasteiger partial charge in [0.1, 0.15) is 10.6 Å². The van der Waals surface area contributed by atoms with Crippen molar-refractivity contribution in [1.29, 1.82) is 0 Å². The number of para-hydroxylation sites is 1. The van der Waals surface area contributed by atoms with Crippen molar-refractivity contribution >= 4 is 39.1 Å². The second-order valence-electron chi connectivity index (χ2n) is 6.40. The third-order valence-corrected chi connectivity index (χ3v) is 5.37. The number of carbonyl (C=O) groups excluding carboxylic acids is 2. The first-order valence-electron chi connectivity index (χ1n) is 8.88. The number of hydrogen-bond acceptors (Lipinski definition) is 5. The Morgan fingerprint density at radius 2 is 1.86 bits per heavy atom. The summed E-state index contributed by atoms with van der Waals surface area (Å²) in [6, 6.07) is 18.4.